The molecule has 0 saturated heterocycles. The summed E-state index contributed by atoms with van der Waals surface area (Å²) in [6, 6.07) is 6.59. The third kappa shape index (κ3) is 3.54. The number of rotatable bonds is 5. The van der Waals surface area contributed by atoms with Crippen molar-refractivity contribution in [3.05, 3.63) is 47.3 Å². The zero-order chi connectivity index (χ0) is 15.4. The van der Waals surface area contributed by atoms with Crippen LogP contribution >= 0.6 is 0 Å². The molecule has 0 amide bonds. The van der Waals surface area contributed by atoms with Crippen molar-refractivity contribution in [2.24, 2.45) is 0 Å². The third-order valence-electron chi connectivity index (χ3n) is 3.30. The van der Waals surface area contributed by atoms with Crippen LogP contribution in [0.2, 0.25) is 0 Å². The van der Waals surface area contributed by atoms with Gasteiger partial charge in [-0.25, -0.2) is 0 Å². The predicted octanol–water partition coefficient (Wildman–Crippen LogP) is 0.966. The first-order chi connectivity index (χ1) is 10.0. The van der Waals surface area contributed by atoms with Gasteiger partial charge < -0.3 is 19.5 Å². The minimum atomic E-state index is -1.47. The van der Waals surface area contributed by atoms with E-state index in [1.807, 2.05) is 13.8 Å². The zero-order valence-corrected chi connectivity index (χ0v) is 12.3. The van der Waals surface area contributed by atoms with Crippen molar-refractivity contribution >= 4 is 12.6 Å². The number of methoxy groups -OCH3 is 1. The van der Waals surface area contributed by atoms with Crippen molar-refractivity contribution in [3.8, 4) is 11.5 Å². The van der Waals surface area contributed by atoms with Crippen molar-refractivity contribution in [3.63, 3.8) is 0 Å². The summed E-state index contributed by atoms with van der Waals surface area (Å²) in [4.78, 5) is 4.36. The summed E-state index contributed by atoms with van der Waals surface area (Å²) in [6.07, 6.45) is 1.76. The van der Waals surface area contributed by atoms with Gasteiger partial charge in [-0.1, -0.05) is 12.1 Å². The topological polar surface area (TPSA) is 71.8 Å². The van der Waals surface area contributed by atoms with Crippen molar-refractivity contribution in [1.29, 1.82) is 0 Å². The minimum absolute atomic E-state index is 0.323. The van der Waals surface area contributed by atoms with Crippen LogP contribution in [-0.2, 0) is 6.61 Å². The van der Waals surface area contributed by atoms with E-state index in [9.17, 15) is 0 Å². The molecule has 2 rings (SSSR count). The van der Waals surface area contributed by atoms with Gasteiger partial charge in [0, 0.05) is 17.3 Å². The highest BCUT2D eigenvalue weighted by molar-refractivity contribution is 6.58. The molecule has 110 valence electrons. The van der Waals surface area contributed by atoms with Gasteiger partial charge in [-0.15, -0.1) is 0 Å². The Morgan fingerprint density at radius 2 is 1.81 bits per heavy atom. The van der Waals surface area contributed by atoms with Gasteiger partial charge in [0.2, 0.25) is 0 Å². The van der Waals surface area contributed by atoms with E-state index in [2.05, 4.69) is 4.98 Å². The number of pyridine rings is 1. The van der Waals surface area contributed by atoms with Crippen LogP contribution in [0.5, 0.6) is 11.5 Å². The van der Waals surface area contributed by atoms with E-state index in [4.69, 9.17) is 19.5 Å². The molecule has 0 fully saturated rings. The van der Waals surface area contributed by atoms with E-state index in [1.165, 1.54) is 0 Å². The number of aryl methyl sites for hydroxylation is 1. The van der Waals surface area contributed by atoms with Gasteiger partial charge in [-0.3, -0.25) is 4.98 Å². The molecule has 0 saturated carbocycles. The molecule has 1 aromatic heterocycles. The summed E-state index contributed by atoms with van der Waals surface area (Å²) < 4.78 is 11.0. The normalized spacial score (nSPS) is 10.3. The lowest BCUT2D eigenvalue weighted by atomic mass is 9.80. The second kappa shape index (κ2) is 6.60. The molecule has 0 aliphatic carbocycles. The summed E-state index contributed by atoms with van der Waals surface area (Å²) >= 11 is 0. The summed E-state index contributed by atoms with van der Waals surface area (Å²) in [7, 11) is 0.170. The number of benzene rings is 1. The first-order valence-corrected chi connectivity index (χ1v) is 6.61. The Labute approximate surface area is 124 Å². The minimum Gasteiger partial charge on any atom is -0.496 e. The van der Waals surface area contributed by atoms with Crippen LogP contribution in [-0.4, -0.2) is 29.3 Å². The summed E-state index contributed by atoms with van der Waals surface area (Å²) in [5.74, 6) is 1.46. The molecule has 5 nitrogen and oxygen atoms in total. The van der Waals surface area contributed by atoms with E-state index < -0.39 is 7.12 Å². The molecule has 0 unspecified atom stereocenters. The van der Waals surface area contributed by atoms with Crippen molar-refractivity contribution in [2.45, 2.75) is 20.5 Å². The van der Waals surface area contributed by atoms with Crippen LogP contribution in [0.25, 0.3) is 0 Å². The molecular formula is C15H18BNO4. The molecular weight excluding hydrogens is 269 g/mol. The van der Waals surface area contributed by atoms with Gasteiger partial charge in [0.05, 0.1) is 12.8 Å². The van der Waals surface area contributed by atoms with Crippen LogP contribution in [0.3, 0.4) is 0 Å². The summed E-state index contributed by atoms with van der Waals surface area (Å²) in [5, 5.41) is 18.1. The number of nitrogens with zero attached hydrogens (tertiary/aromatic N) is 1. The first kappa shape index (κ1) is 15.3. The molecule has 0 aliphatic rings. The van der Waals surface area contributed by atoms with E-state index >= 15 is 0 Å². The molecule has 2 aromatic rings. The standard InChI is InChI=1S/C15H18BNO4/c1-10-8-17-14(11(2)15(10)20-3)9-21-13-6-4-12(5-7-13)16(18)19/h4-8,18-19H,9H2,1-3H3. The number of hydrogen-bond donors (Lipinski definition) is 2. The molecule has 0 bridgehead atoms. The molecule has 0 spiro atoms. The maximum atomic E-state index is 9.03. The van der Waals surface area contributed by atoms with E-state index in [-0.39, 0.29) is 0 Å². The molecule has 0 aliphatic heterocycles. The fourth-order valence-corrected chi connectivity index (χ4v) is 2.10. The average molecular weight is 287 g/mol. The molecule has 21 heavy (non-hydrogen) atoms. The van der Waals surface area contributed by atoms with Crippen LogP contribution in [0.1, 0.15) is 16.8 Å². The lowest BCUT2D eigenvalue weighted by molar-refractivity contribution is 0.299. The molecule has 1 aromatic carbocycles. The molecule has 0 radical (unpaired) electrons. The maximum absolute atomic E-state index is 9.03. The Bertz CT molecular complexity index is 614. The molecule has 0 atom stereocenters. The Balaban J connectivity index is 2.09. The number of aromatic nitrogens is 1. The van der Waals surface area contributed by atoms with Crippen LogP contribution < -0.4 is 14.9 Å². The summed E-state index contributed by atoms with van der Waals surface area (Å²) in [5.41, 5.74) is 3.18. The van der Waals surface area contributed by atoms with Crippen molar-refractivity contribution in [1.82, 2.24) is 4.98 Å². The first-order valence-electron chi connectivity index (χ1n) is 6.61. The van der Waals surface area contributed by atoms with Gasteiger partial charge in [0.15, 0.2) is 0 Å². The Morgan fingerprint density at radius 1 is 1.14 bits per heavy atom. The summed E-state index contributed by atoms with van der Waals surface area (Å²) in [6.45, 7) is 4.22. The highest BCUT2D eigenvalue weighted by atomic mass is 16.5. The Kier molecular flexibility index (Phi) is 4.83. The second-order valence-corrected chi connectivity index (χ2v) is 4.78. The molecule has 2 N–H and O–H groups in total. The van der Waals surface area contributed by atoms with Gasteiger partial charge in [0.25, 0.3) is 0 Å². The largest absolute Gasteiger partial charge is 0.496 e. The fraction of sp³-hybridized carbons (Fsp3) is 0.267. The smallest absolute Gasteiger partial charge is 0.488 e. The van der Waals surface area contributed by atoms with Gasteiger partial charge >= 0.3 is 7.12 Å². The van der Waals surface area contributed by atoms with E-state index in [0.717, 1.165) is 22.6 Å². The predicted molar refractivity (Wildman–Crippen MR) is 80.9 cm³/mol. The Hall–Kier alpha value is -2.05. The van der Waals surface area contributed by atoms with E-state index in [1.54, 1.807) is 37.6 Å². The van der Waals surface area contributed by atoms with Crippen LogP contribution in [0.4, 0.5) is 0 Å². The maximum Gasteiger partial charge on any atom is 0.488 e. The van der Waals surface area contributed by atoms with Gasteiger partial charge in [-0.2, -0.15) is 0 Å². The third-order valence-corrected chi connectivity index (χ3v) is 3.30. The van der Waals surface area contributed by atoms with E-state index in [0.29, 0.717) is 17.8 Å². The zero-order valence-electron chi connectivity index (χ0n) is 12.3. The lowest BCUT2D eigenvalue weighted by Gasteiger charge is -2.13. The van der Waals surface area contributed by atoms with Crippen LogP contribution in [0.15, 0.2) is 30.5 Å². The lowest BCUT2D eigenvalue weighted by Crippen LogP contribution is -2.29. The highest BCUT2D eigenvalue weighted by Crippen LogP contribution is 2.24. The van der Waals surface area contributed by atoms with Crippen molar-refractivity contribution < 1.29 is 19.5 Å². The number of ether oxygens (including phenoxy) is 2. The molecule has 1 heterocycles. The highest BCUT2D eigenvalue weighted by Gasteiger charge is 2.12. The van der Waals surface area contributed by atoms with Gasteiger partial charge in [0.1, 0.15) is 18.1 Å². The van der Waals surface area contributed by atoms with Crippen molar-refractivity contribution in [2.75, 3.05) is 7.11 Å². The number of hydrogen-bond acceptors (Lipinski definition) is 5. The SMILES string of the molecule is COc1c(C)cnc(COc2ccc(B(O)O)cc2)c1C. The molecule has 6 heteroatoms. The van der Waals surface area contributed by atoms with Gasteiger partial charge in [-0.05, 0) is 31.4 Å². The monoisotopic (exact) mass is 287 g/mol. The van der Waals surface area contributed by atoms with Crippen LogP contribution in [0, 0.1) is 13.8 Å². The fourth-order valence-electron chi connectivity index (χ4n) is 2.10. The Morgan fingerprint density at radius 3 is 2.38 bits per heavy atom. The second-order valence-electron chi connectivity index (χ2n) is 4.78. The quantitative estimate of drug-likeness (QED) is 0.802. The average Bonchev–Trinajstić information content (AvgIpc) is 2.47.